The number of nitro groups is 1. The van der Waals surface area contributed by atoms with Gasteiger partial charge in [-0.1, -0.05) is 30.3 Å². The molecule has 0 aliphatic rings. The van der Waals surface area contributed by atoms with Gasteiger partial charge in [0, 0.05) is 18.4 Å². The van der Waals surface area contributed by atoms with E-state index in [1.165, 1.54) is 19.2 Å². The highest BCUT2D eigenvalue weighted by Crippen LogP contribution is 2.28. The standard InChI is InChI=1S/C18H20N2O5/c1-25-18(22)15-12-14(9-10-17(15)20(23)24)19-16(8-5-11-21)13-6-3-2-4-7-13/h2-4,6-7,9-10,12,16,19,21H,5,8,11H2,1H3/t16-/m1/s1. The predicted octanol–water partition coefficient (Wildman–Crippen LogP) is 3.31. The number of aliphatic hydroxyl groups excluding tert-OH is 1. The molecule has 2 aromatic rings. The fourth-order valence-corrected chi connectivity index (χ4v) is 2.56. The Balaban J connectivity index is 2.32. The summed E-state index contributed by atoms with van der Waals surface area (Å²) in [4.78, 5) is 22.3. The van der Waals surface area contributed by atoms with Gasteiger partial charge in [-0.2, -0.15) is 0 Å². The smallest absolute Gasteiger partial charge is 0.344 e. The maximum absolute atomic E-state index is 11.8. The molecule has 0 aliphatic carbocycles. The van der Waals surface area contributed by atoms with E-state index < -0.39 is 10.9 Å². The van der Waals surface area contributed by atoms with E-state index in [-0.39, 0.29) is 23.9 Å². The molecular formula is C18H20N2O5. The Kier molecular flexibility index (Phi) is 6.47. The Bertz CT molecular complexity index is 734. The van der Waals surface area contributed by atoms with Crippen LogP contribution in [-0.4, -0.2) is 29.7 Å². The Labute approximate surface area is 145 Å². The molecule has 7 heteroatoms. The SMILES string of the molecule is COC(=O)c1cc(N[C@H](CCCO)c2ccccc2)ccc1[N+](=O)[O-]. The first-order chi connectivity index (χ1) is 12.1. The maximum Gasteiger partial charge on any atom is 0.344 e. The van der Waals surface area contributed by atoms with Crippen molar-refractivity contribution in [1.82, 2.24) is 0 Å². The van der Waals surface area contributed by atoms with Gasteiger partial charge in [0.2, 0.25) is 0 Å². The van der Waals surface area contributed by atoms with Crippen LogP contribution in [-0.2, 0) is 4.74 Å². The van der Waals surface area contributed by atoms with Crippen molar-refractivity contribution >= 4 is 17.3 Å². The van der Waals surface area contributed by atoms with Gasteiger partial charge in [0.05, 0.1) is 18.1 Å². The number of benzene rings is 2. The molecule has 2 aromatic carbocycles. The highest BCUT2D eigenvalue weighted by atomic mass is 16.6. The number of rotatable bonds is 8. The molecule has 25 heavy (non-hydrogen) atoms. The second kappa shape index (κ2) is 8.79. The van der Waals surface area contributed by atoms with E-state index in [1.807, 2.05) is 30.3 Å². The summed E-state index contributed by atoms with van der Waals surface area (Å²) in [5, 5.41) is 23.5. The lowest BCUT2D eigenvalue weighted by Crippen LogP contribution is -2.13. The van der Waals surface area contributed by atoms with E-state index in [0.29, 0.717) is 18.5 Å². The number of aliphatic hydroxyl groups is 1. The third-order valence-corrected chi connectivity index (χ3v) is 3.79. The monoisotopic (exact) mass is 344 g/mol. The topological polar surface area (TPSA) is 102 Å². The van der Waals surface area contributed by atoms with Crippen molar-refractivity contribution < 1.29 is 19.6 Å². The van der Waals surface area contributed by atoms with Gasteiger partial charge in [0.15, 0.2) is 0 Å². The predicted molar refractivity (Wildman–Crippen MR) is 93.6 cm³/mol. The van der Waals surface area contributed by atoms with Gasteiger partial charge in [0.25, 0.3) is 5.69 Å². The third-order valence-electron chi connectivity index (χ3n) is 3.79. The van der Waals surface area contributed by atoms with Gasteiger partial charge in [-0.15, -0.1) is 0 Å². The molecule has 132 valence electrons. The van der Waals surface area contributed by atoms with Crippen molar-refractivity contribution in [2.45, 2.75) is 18.9 Å². The van der Waals surface area contributed by atoms with Gasteiger partial charge in [-0.3, -0.25) is 10.1 Å². The first-order valence-electron chi connectivity index (χ1n) is 7.86. The van der Waals surface area contributed by atoms with Crippen LogP contribution in [0, 0.1) is 10.1 Å². The number of nitrogens with one attached hydrogen (secondary N) is 1. The summed E-state index contributed by atoms with van der Waals surface area (Å²) >= 11 is 0. The van der Waals surface area contributed by atoms with Crippen molar-refractivity contribution in [3.63, 3.8) is 0 Å². The fraction of sp³-hybridized carbons (Fsp3) is 0.278. The number of nitrogens with zero attached hydrogens (tertiary/aromatic N) is 1. The third kappa shape index (κ3) is 4.77. The Hall–Kier alpha value is -2.93. The first kappa shape index (κ1) is 18.4. The molecule has 1 atom stereocenters. The minimum Gasteiger partial charge on any atom is -0.465 e. The van der Waals surface area contributed by atoms with Crippen LogP contribution in [0.4, 0.5) is 11.4 Å². The average Bonchev–Trinajstić information content (AvgIpc) is 2.64. The number of hydrogen-bond donors (Lipinski definition) is 2. The normalized spacial score (nSPS) is 11.6. The zero-order chi connectivity index (χ0) is 18.2. The summed E-state index contributed by atoms with van der Waals surface area (Å²) in [7, 11) is 1.18. The summed E-state index contributed by atoms with van der Waals surface area (Å²) in [6, 6.07) is 13.8. The van der Waals surface area contributed by atoms with Crippen LogP contribution in [0.25, 0.3) is 0 Å². The van der Waals surface area contributed by atoms with Crippen LogP contribution in [0.2, 0.25) is 0 Å². The summed E-state index contributed by atoms with van der Waals surface area (Å²) in [5.41, 5.74) is 1.18. The first-order valence-corrected chi connectivity index (χ1v) is 7.86. The summed E-state index contributed by atoms with van der Waals surface area (Å²) in [5.74, 6) is -0.762. The van der Waals surface area contributed by atoms with E-state index in [9.17, 15) is 14.9 Å². The van der Waals surface area contributed by atoms with Crippen molar-refractivity contribution in [2.75, 3.05) is 19.0 Å². The van der Waals surface area contributed by atoms with Crippen molar-refractivity contribution in [1.29, 1.82) is 0 Å². The molecule has 0 fully saturated rings. The van der Waals surface area contributed by atoms with Crippen LogP contribution in [0.3, 0.4) is 0 Å². The van der Waals surface area contributed by atoms with E-state index in [0.717, 1.165) is 5.56 Å². The summed E-state index contributed by atoms with van der Waals surface area (Å²) in [6.45, 7) is 0.0681. The summed E-state index contributed by atoms with van der Waals surface area (Å²) < 4.78 is 4.63. The van der Waals surface area contributed by atoms with Crippen molar-refractivity contribution in [2.24, 2.45) is 0 Å². The highest BCUT2D eigenvalue weighted by molar-refractivity contribution is 5.95. The molecule has 0 spiro atoms. The van der Waals surface area contributed by atoms with Crippen molar-refractivity contribution in [3.8, 4) is 0 Å². The molecule has 0 unspecified atom stereocenters. The number of hydrogen-bond acceptors (Lipinski definition) is 6. The lowest BCUT2D eigenvalue weighted by molar-refractivity contribution is -0.385. The molecule has 0 aromatic heterocycles. The van der Waals surface area contributed by atoms with E-state index in [2.05, 4.69) is 10.1 Å². The minimum atomic E-state index is -0.762. The molecule has 0 aliphatic heterocycles. The average molecular weight is 344 g/mol. The summed E-state index contributed by atoms with van der Waals surface area (Å²) in [6.07, 6.45) is 1.27. The molecule has 2 rings (SSSR count). The Morgan fingerprint density at radius 3 is 2.60 bits per heavy atom. The van der Waals surface area contributed by atoms with Crippen LogP contribution >= 0.6 is 0 Å². The lowest BCUT2D eigenvalue weighted by Gasteiger charge is -2.20. The minimum absolute atomic E-state index is 0.0681. The number of methoxy groups -OCH3 is 1. The van der Waals surface area contributed by atoms with Crippen molar-refractivity contribution in [3.05, 3.63) is 69.8 Å². The second-order valence-corrected chi connectivity index (χ2v) is 5.45. The lowest BCUT2D eigenvalue weighted by atomic mass is 10.0. The van der Waals surface area contributed by atoms with Crippen LogP contribution in [0.1, 0.15) is 34.8 Å². The van der Waals surface area contributed by atoms with Crippen LogP contribution in [0.15, 0.2) is 48.5 Å². The van der Waals surface area contributed by atoms with Gasteiger partial charge >= 0.3 is 5.97 Å². The van der Waals surface area contributed by atoms with E-state index in [4.69, 9.17) is 5.11 Å². The number of nitro benzene ring substituents is 1. The quantitative estimate of drug-likeness (QED) is 0.433. The van der Waals surface area contributed by atoms with Gasteiger partial charge in [-0.25, -0.2) is 4.79 Å². The molecule has 2 N–H and O–H groups in total. The van der Waals surface area contributed by atoms with Gasteiger partial charge in [0.1, 0.15) is 5.56 Å². The zero-order valence-electron chi connectivity index (χ0n) is 13.8. The number of carbonyl (C=O) groups is 1. The highest BCUT2D eigenvalue weighted by Gasteiger charge is 2.22. The van der Waals surface area contributed by atoms with Gasteiger partial charge < -0.3 is 15.2 Å². The Morgan fingerprint density at radius 2 is 2.00 bits per heavy atom. The molecule has 0 saturated carbocycles. The zero-order valence-corrected chi connectivity index (χ0v) is 13.8. The number of anilines is 1. The Morgan fingerprint density at radius 1 is 1.28 bits per heavy atom. The van der Waals surface area contributed by atoms with Gasteiger partial charge in [-0.05, 0) is 30.5 Å². The largest absolute Gasteiger partial charge is 0.465 e. The molecule has 7 nitrogen and oxygen atoms in total. The maximum atomic E-state index is 11.8. The fourth-order valence-electron chi connectivity index (χ4n) is 2.56. The number of esters is 1. The van der Waals surface area contributed by atoms with E-state index in [1.54, 1.807) is 6.07 Å². The molecule has 0 amide bonds. The van der Waals surface area contributed by atoms with Crippen LogP contribution < -0.4 is 5.32 Å². The second-order valence-electron chi connectivity index (χ2n) is 5.45. The molecular weight excluding hydrogens is 324 g/mol. The van der Waals surface area contributed by atoms with Crippen LogP contribution in [0.5, 0.6) is 0 Å². The molecule has 0 bridgehead atoms. The molecule has 0 radical (unpaired) electrons. The van der Waals surface area contributed by atoms with E-state index >= 15 is 0 Å². The number of ether oxygens (including phenoxy) is 1. The molecule has 0 heterocycles. The molecule has 0 saturated heterocycles. The number of carbonyl (C=O) groups excluding carboxylic acids is 1.